The van der Waals surface area contributed by atoms with Crippen molar-refractivity contribution in [3.63, 3.8) is 0 Å². The maximum atomic E-state index is 6.29. The van der Waals surface area contributed by atoms with Crippen molar-refractivity contribution < 1.29 is 4.74 Å². The molecular weight excluding hydrogens is 599 g/mol. The van der Waals surface area contributed by atoms with E-state index < -0.39 is 0 Å². The fourth-order valence-electron chi connectivity index (χ4n) is 6.94. The van der Waals surface area contributed by atoms with Crippen molar-refractivity contribution in [1.29, 1.82) is 5.41 Å². The Labute approximate surface area is 292 Å². The van der Waals surface area contributed by atoms with Crippen LogP contribution in [0, 0.1) is 5.41 Å². The van der Waals surface area contributed by atoms with Gasteiger partial charge < -0.3 is 20.8 Å². The first kappa shape index (κ1) is 34.9. The first-order chi connectivity index (χ1) is 23.9. The van der Waals surface area contributed by atoms with Gasteiger partial charge in [-0.15, -0.1) is 6.58 Å². The smallest absolute Gasteiger partial charge is 0.196 e. The predicted octanol–water partition coefficient (Wildman–Crippen LogP) is 11.1. The van der Waals surface area contributed by atoms with E-state index in [1.54, 1.807) is 12.2 Å². The van der Waals surface area contributed by atoms with Crippen LogP contribution in [-0.2, 0) is 16.7 Å². The highest BCUT2D eigenvalue weighted by Crippen LogP contribution is 2.53. The Morgan fingerprint density at radius 2 is 1.47 bits per heavy atom. The maximum absolute atomic E-state index is 6.29. The molecule has 49 heavy (non-hydrogen) atoms. The van der Waals surface area contributed by atoms with Gasteiger partial charge >= 0.3 is 0 Å². The van der Waals surface area contributed by atoms with Crippen LogP contribution in [0.4, 0.5) is 0 Å². The molecule has 5 aromatic rings. The van der Waals surface area contributed by atoms with Crippen LogP contribution in [0.3, 0.4) is 0 Å². The summed E-state index contributed by atoms with van der Waals surface area (Å²) < 4.78 is 6.29. The van der Waals surface area contributed by atoms with E-state index in [0.29, 0.717) is 0 Å². The Morgan fingerprint density at radius 3 is 2.12 bits per heavy atom. The number of allylic oxidation sites excluding steroid dienone is 4. The van der Waals surface area contributed by atoms with Crippen LogP contribution >= 0.6 is 0 Å². The van der Waals surface area contributed by atoms with E-state index in [2.05, 4.69) is 154 Å². The number of benzene rings is 5. The van der Waals surface area contributed by atoms with Crippen LogP contribution in [0.1, 0.15) is 73.3 Å². The van der Waals surface area contributed by atoms with Crippen molar-refractivity contribution >= 4 is 17.5 Å². The Morgan fingerprint density at radius 1 is 0.837 bits per heavy atom. The molecular formula is C45H47N3O. The zero-order valence-electron chi connectivity index (χ0n) is 29.1. The third-order valence-electron chi connectivity index (χ3n) is 9.15. The molecule has 0 spiro atoms. The average Bonchev–Trinajstić information content (AvgIpc) is 3.65. The maximum Gasteiger partial charge on any atom is 0.196 e. The van der Waals surface area contributed by atoms with Crippen LogP contribution in [0.25, 0.3) is 21.9 Å². The van der Waals surface area contributed by atoms with E-state index in [9.17, 15) is 0 Å². The summed E-state index contributed by atoms with van der Waals surface area (Å²) in [4.78, 5) is 0. The fourth-order valence-corrected chi connectivity index (χ4v) is 6.94. The average molecular weight is 646 g/mol. The predicted molar refractivity (Wildman–Crippen MR) is 208 cm³/mol. The molecule has 4 heteroatoms. The van der Waals surface area contributed by atoms with Gasteiger partial charge in [0.1, 0.15) is 5.76 Å². The number of rotatable bonds is 8. The van der Waals surface area contributed by atoms with Crippen molar-refractivity contribution in [3.8, 4) is 11.1 Å². The molecule has 5 aromatic carbocycles. The van der Waals surface area contributed by atoms with Crippen molar-refractivity contribution in [3.05, 3.63) is 191 Å². The number of nitrogens with one attached hydrogen (secondary N) is 3. The van der Waals surface area contributed by atoms with Gasteiger partial charge in [-0.05, 0) is 88.5 Å². The first-order valence-corrected chi connectivity index (χ1v) is 16.8. The van der Waals surface area contributed by atoms with Crippen molar-refractivity contribution in [2.75, 3.05) is 0 Å². The minimum absolute atomic E-state index is 0.0335. The van der Waals surface area contributed by atoms with E-state index in [1.807, 2.05) is 26.0 Å². The molecule has 0 bridgehead atoms. The summed E-state index contributed by atoms with van der Waals surface area (Å²) in [6, 6.07) is 39.7. The van der Waals surface area contributed by atoms with E-state index in [0.717, 1.165) is 23.6 Å². The fraction of sp³-hybridized carbons (Fsp3) is 0.178. The Balaban J connectivity index is 0.000000889. The van der Waals surface area contributed by atoms with E-state index >= 15 is 0 Å². The summed E-state index contributed by atoms with van der Waals surface area (Å²) in [5, 5.41) is 15.5. The second-order valence-electron chi connectivity index (χ2n) is 12.6. The normalized spacial score (nSPS) is 15.9. The minimum atomic E-state index is -0.254. The Hall–Kier alpha value is -5.45. The number of hydrogen-bond donors (Lipinski definition) is 3. The summed E-state index contributed by atoms with van der Waals surface area (Å²) in [5.41, 5.74) is 11.0. The van der Waals surface area contributed by atoms with Gasteiger partial charge in [0.15, 0.2) is 6.23 Å². The summed E-state index contributed by atoms with van der Waals surface area (Å²) in [6.45, 7) is 19.2. The van der Waals surface area contributed by atoms with Crippen LogP contribution < -0.4 is 10.6 Å². The lowest BCUT2D eigenvalue weighted by Crippen LogP contribution is -2.23. The van der Waals surface area contributed by atoms with Gasteiger partial charge in [-0.1, -0.05) is 136 Å². The zero-order chi connectivity index (χ0) is 35.0. The minimum Gasteiger partial charge on any atom is -0.464 e. The molecule has 3 N–H and O–H groups in total. The molecule has 248 valence electrons. The second kappa shape index (κ2) is 15.6. The highest BCUT2D eigenvalue weighted by Gasteiger charge is 2.39. The lowest BCUT2D eigenvalue weighted by molar-refractivity contribution is 0.137. The summed E-state index contributed by atoms with van der Waals surface area (Å²) in [6.07, 6.45) is 7.32. The van der Waals surface area contributed by atoms with Crippen molar-refractivity contribution in [2.45, 2.75) is 51.9 Å². The van der Waals surface area contributed by atoms with Crippen LogP contribution in [0.5, 0.6) is 0 Å². The quantitative estimate of drug-likeness (QED) is 0.116. The molecule has 1 aliphatic heterocycles. The van der Waals surface area contributed by atoms with E-state index in [4.69, 9.17) is 10.1 Å². The molecule has 0 amide bonds. The topological polar surface area (TPSA) is 57.1 Å². The number of hydrogen-bond acceptors (Lipinski definition) is 4. The lowest BCUT2D eigenvalue weighted by Gasteiger charge is -2.27. The van der Waals surface area contributed by atoms with Gasteiger partial charge in [0.25, 0.3) is 0 Å². The van der Waals surface area contributed by atoms with Gasteiger partial charge in [-0.2, -0.15) is 0 Å². The molecule has 2 unspecified atom stereocenters. The van der Waals surface area contributed by atoms with Gasteiger partial charge in [0.05, 0.1) is 11.7 Å². The second-order valence-corrected chi connectivity index (χ2v) is 12.6. The third kappa shape index (κ3) is 6.92. The van der Waals surface area contributed by atoms with Gasteiger partial charge in [-0.3, -0.25) is 0 Å². The van der Waals surface area contributed by atoms with Crippen LogP contribution in [0.2, 0.25) is 0 Å². The Kier molecular flexibility index (Phi) is 11.1. The largest absolute Gasteiger partial charge is 0.464 e. The van der Waals surface area contributed by atoms with Crippen molar-refractivity contribution in [2.24, 2.45) is 0 Å². The van der Waals surface area contributed by atoms with Gasteiger partial charge in [0.2, 0.25) is 0 Å². The molecule has 4 nitrogen and oxygen atoms in total. The Bertz CT molecular complexity index is 1990. The van der Waals surface area contributed by atoms with E-state index in [1.165, 1.54) is 49.7 Å². The summed E-state index contributed by atoms with van der Waals surface area (Å²) in [5.74, 6) is 0.779. The van der Waals surface area contributed by atoms with E-state index in [-0.39, 0.29) is 17.7 Å². The lowest BCUT2D eigenvalue weighted by atomic mass is 9.79. The standard InChI is InChI=1S/C41H38N2O.C3H6.CH3N/c1-5-15-36-37(6-2)44-40(43-36)29-22-23-32-34(24-29)41(3,4)35-25-33(30-20-13-14-21-31(30)38(32)35)39(28-18-11-8-12-19-28)42-26-27-16-9-7-10-17-27;1-3-2;1-2/h5-25,39-40,42-43H,2,26H2,1,3-4H3;3H,1H2,2H3;2H,1H2/b15-5-;;. The monoisotopic (exact) mass is 645 g/mol. The molecule has 1 aliphatic carbocycles. The van der Waals surface area contributed by atoms with Crippen LogP contribution in [-0.4, -0.2) is 6.72 Å². The molecule has 2 aliphatic rings. The zero-order valence-corrected chi connectivity index (χ0v) is 29.1. The molecule has 0 fully saturated rings. The molecule has 0 saturated carbocycles. The number of fused-ring (bicyclic) bond motifs is 5. The highest BCUT2D eigenvalue weighted by molar-refractivity contribution is 6.04. The molecule has 0 saturated heterocycles. The molecule has 7 rings (SSSR count). The summed E-state index contributed by atoms with van der Waals surface area (Å²) >= 11 is 0. The highest BCUT2D eigenvalue weighted by atomic mass is 16.5. The van der Waals surface area contributed by atoms with Gasteiger partial charge in [0, 0.05) is 17.5 Å². The third-order valence-corrected chi connectivity index (χ3v) is 9.15. The molecule has 0 radical (unpaired) electrons. The molecule has 0 aromatic heterocycles. The first-order valence-electron chi connectivity index (χ1n) is 16.8. The van der Waals surface area contributed by atoms with Gasteiger partial charge in [-0.25, -0.2) is 0 Å². The number of ether oxygens (including phenoxy) is 1. The van der Waals surface area contributed by atoms with Crippen molar-refractivity contribution in [1.82, 2.24) is 10.6 Å². The molecule has 2 atom stereocenters. The SMILES string of the molecule is C=CC.C=CC1=C(/C=C\C)NC(c2ccc3c(c2)C(C)(C)c2cc(C(NCc4ccccc4)c4ccccc4)c4ccccc4c2-3)O1.C=N. The molecule has 1 heterocycles. The van der Waals surface area contributed by atoms with Crippen LogP contribution in [0.15, 0.2) is 158 Å². The summed E-state index contributed by atoms with van der Waals surface area (Å²) in [7, 11) is 0.